The molecule has 0 aromatic rings. The number of nitrogens with zero attached hydrogens (tertiary/aromatic N) is 4. The molecule has 1 heterocycles. The molecular weight excluding hydrogens is 293 g/mol. The van der Waals surface area contributed by atoms with Crippen molar-refractivity contribution in [3.8, 4) is 0 Å². The van der Waals surface area contributed by atoms with Crippen molar-refractivity contribution >= 4 is 5.91 Å². The van der Waals surface area contributed by atoms with Gasteiger partial charge in [-0.1, -0.05) is 0 Å². The van der Waals surface area contributed by atoms with Gasteiger partial charge in [0.2, 0.25) is 11.4 Å². The zero-order valence-corrected chi connectivity index (χ0v) is 12.3. The highest BCUT2D eigenvalue weighted by Gasteiger charge is 2.41. The second-order valence-electron chi connectivity index (χ2n) is 5.79. The summed E-state index contributed by atoms with van der Waals surface area (Å²) in [7, 11) is 1.48. The number of rotatable bonds is 4. The van der Waals surface area contributed by atoms with E-state index in [1.807, 2.05) is 0 Å². The summed E-state index contributed by atoms with van der Waals surface area (Å²) in [4.78, 5) is 17.3. The Bertz CT molecular complexity index is 420. The van der Waals surface area contributed by atoms with Gasteiger partial charge in [-0.15, -0.1) is 5.01 Å². The third kappa shape index (κ3) is 4.94. The van der Waals surface area contributed by atoms with E-state index in [0.717, 1.165) is 0 Å². The summed E-state index contributed by atoms with van der Waals surface area (Å²) in [6.07, 6.45) is -5.55. The van der Waals surface area contributed by atoms with Gasteiger partial charge in [0.15, 0.2) is 0 Å². The van der Waals surface area contributed by atoms with Gasteiger partial charge in [-0.05, 0) is 20.8 Å². The molecule has 0 unspecified atom stereocenters. The van der Waals surface area contributed by atoms with Crippen molar-refractivity contribution in [1.82, 2.24) is 9.91 Å². The highest BCUT2D eigenvalue weighted by atomic mass is 19.4. The van der Waals surface area contributed by atoms with Crippen LogP contribution in [0.3, 0.4) is 0 Å². The Kier molecular flexibility index (Phi) is 4.90. The molecule has 0 radical (unpaired) electrons. The minimum absolute atomic E-state index is 0.0610. The molecular formula is C11H19F3N4O3. The minimum Gasteiger partial charge on any atom is -0.569 e. The summed E-state index contributed by atoms with van der Waals surface area (Å²) in [5, 5.41) is 16.1. The molecule has 0 aliphatic carbocycles. The standard InChI is InChI=1S/C11H19F3N4O3/c1-10(2,3)16(4)18(20)15-21-8-5-6-17(9(8)19)7-11(12,13)14/h8H,5-7H2,1-4H3/b18-15+/t8-/m1/s1. The second kappa shape index (κ2) is 5.94. The van der Waals surface area contributed by atoms with E-state index in [9.17, 15) is 23.2 Å². The molecule has 10 heteroatoms. The van der Waals surface area contributed by atoms with Crippen LogP contribution in [0.25, 0.3) is 0 Å². The average Bonchev–Trinajstić information content (AvgIpc) is 2.64. The van der Waals surface area contributed by atoms with E-state index in [2.05, 4.69) is 5.28 Å². The third-order valence-corrected chi connectivity index (χ3v) is 3.09. The molecule has 1 atom stereocenters. The zero-order chi connectivity index (χ0) is 16.4. The maximum absolute atomic E-state index is 12.2. The predicted octanol–water partition coefficient (Wildman–Crippen LogP) is 1.69. The van der Waals surface area contributed by atoms with Gasteiger partial charge in [0.25, 0.3) is 5.91 Å². The zero-order valence-electron chi connectivity index (χ0n) is 12.3. The summed E-state index contributed by atoms with van der Waals surface area (Å²) >= 11 is 0. The molecule has 1 amide bonds. The van der Waals surface area contributed by atoms with Crippen LogP contribution in [0.1, 0.15) is 27.2 Å². The molecule has 0 spiro atoms. The topological polar surface area (TPSA) is 71.2 Å². The number of hydrogen-bond donors (Lipinski definition) is 0. The van der Waals surface area contributed by atoms with Gasteiger partial charge < -0.3 is 14.9 Å². The smallest absolute Gasteiger partial charge is 0.406 e. The molecule has 0 N–H and O–H groups in total. The quantitative estimate of drug-likeness (QED) is 0.450. The van der Waals surface area contributed by atoms with Crippen molar-refractivity contribution < 1.29 is 27.8 Å². The van der Waals surface area contributed by atoms with Gasteiger partial charge in [0.05, 0.1) is 17.6 Å². The molecule has 1 aliphatic heterocycles. The lowest BCUT2D eigenvalue weighted by Crippen LogP contribution is -2.43. The minimum atomic E-state index is -4.46. The predicted molar refractivity (Wildman–Crippen MR) is 65.7 cm³/mol. The lowest BCUT2D eigenvalue weighted by atomic mass is 10.1. The van der Waals surface area contributed by atoms with Crippen molar-refractivity contribution in [3.05, 3.63) is 5.21 Å². The Morgan fingerprint density at radius 1 is 1.48 bits per heavy atom. The SMILES string of the molecule is CN(/[N+]([O-])=N\O[C@@H]1CCN(CC(F)(F)F)C1=O)C(C)(C)C. The largest absolute Gasteiger partial charge is 0.569 e. The van der Waals surface area contributed by atoms with E-state index < -0.39 is 30.3 Å². The molecule has 1 rings (SSSR count). The maximum atomic E-state index is 12.2. The number of likely N-dealkylation sites (tertiary alicyclic amines) is 1. The van der Waals surface area contributed by atoms with Gasteiger partial charge in [-0.25, -0.2) is 0 Å². The second-order valence-corrected chi connectivity index (χ2v) is 5.79. The van der Waals surface area contributed by atoms with Gasteiger partial charge >= 0.3 is 6.18 Å². The van der Waals surface area contributed by atoms with Gasteiger partial charge in [-0.3, -0.25) is 4.79 Å². The van der Waals surface area contributed by atoms with Gasteiger partial charge in [0, 0.05) is 13.0 Å². The maximum Gasteiger partial charge on any atom is 0.406 e. The first-order valence-corrected chi connectivity index (χ1v) is 6.35. The van der Waals surface area contributed by atoms with E-state index in [1.54, 1.807) is 20.8 Å². The normalized spacial score (nSPS) is 20.9. The molecule has 0 aromatic heterocycles. The van der Waals surface area contributed by atoms with Crippen molar-refractivity contribution in [2.45, 2.75) is 45.0 Å². The molecule has 122 valence electrons. The fraction of sp³-hybridized carbons (Fsp3) is 0.909. The van der Waals surface area contributed by atoms with E-state index in [0.29, 0.717) is 4.90 Å². The molecule has 1 aliphatic rings. The summed E-state index contributed by atoms with van der Waals surface area (Å²) in [6.45, 7) is 3.89. The summed E-state index contributed by atoms with van der Waals surface area (Å²) in [6, 6.07) is 0. The van der Waals surface area contributed by atoms with Crippen LogP contribution in [0.15, 0.2) is 5.28 Å². The molecule has 0 aromatic carbocycles. The molecule has 0 bridgehead atoms. The van der Waals surface area contributed by atoms with E-state index >= 15 is 0 Å². The molecule has 0 saturated carbocycles. The lowest BCUT2D eigenvalue weighted by Gasteiger charge is -2.26. The number of halogens is 3. The highest BCUT2D eigenvalue weighted by molar-refractivity contribution is 5.83. The Labute approximate surface area is 120 Å². The Morgan fingerprint density at radius 2 is 2.05 bits per heavy atom. The van der Waals surface area contributed by atoms with E-state index in [1.165, 1.54) is 12.1 Å². The van der Waals surface area contributed by atoms with Gasteiger partial charge in [0.1, 0.15) is 6.54 Å². The Hall–Kier alpha value is -1.74. The fourth-order valence-corrected chi connectivity index (χ4v) is 1.59. The molecule has 21 heavy (non-hydrogen) atoms. The van der Waals surface area contributed by atoms with Crippen LogP contribution in [0, 0.1) is 5.21 Å². The van der Waals surface area contributed by atoms with Crippen molar-refractivity contribution in [3.63, 3.8) is 0 Å². The van der Waals surface area contributed by atoms with Gasteiger partial charge in [-0.2, -0.15) is 13.2 Å². The Morgan fingerprint density at radius 3 is 2.52 bits per heavy atom. The fourth-order valence-electron chi connectivity index (χ4n) is 1.59. The monoisotopic (exact) mass is 312 g/mol. The van der Waals surface area contributed by atoms with Crippen LogP contribution in [-0.4, -0.2) is 58.7 Å². The van der Waals surface area contributed by atoms with Crippen LogP contribution in [-0.2, 0) is 9.63 Å². The first kappa shape index (κ1) is 17.3. The van der Waals surface area contributed by atoms with Crippen LogP contribution < -0.4 is 0 Å². The Balaban J connectivity index is 2.60. The first-order valence-electron chi connectivity index (χ1n) is 6.35. The van der Waals surface area contributed by atoms with Crippen molar-refractivity contribution in [1.29, 1.82) is 0 Å². The molecule has 1 saturated heterocycles. The molecule has 1 fully saturated rings. The molecule has 7 nitrogen and oxygen atoms in total. The van der Waals surface area contributed by atoms with Crippen LogP contribution in [0.2, 0.25) is 0 Å². The third-order valence-electron chi connectivity index (χ3n) is 3.09. The number of carbonyl (C=O) groups excluding carboxylic acids is 1. The summed E-state index contributed by atoms with van der Waals surface area (Å²) in [5.41, 5.74) is -0.517. The van der Waals surface area contributed by atoms with Crippen LogP contribution >= 0.6 is 0 Å². The summed E-state index contributed by atoms with van der Waals surface area (Å²) < 4.78 is 36.7. The average molecular weight is 312 g/mol. The number of alkyl halides is 3. The van der Waals surface area contributed by atoms with E-state index in [4.69, 9.17) is 4.84 Å². The highest BCUT2D eigenvalue weighted by Crippen LogP contribution is 2.22. The van der Waals surface area contributed by atoms with Crippen LogP contribution in [0.4, 0.5) is 13.2 Å². The number of carbonyl (C=O) groups is 1. The summed E-state index contributed by atoms with van der Waals surface area (Å²) in [5.74, 6) is -0.817. The first-order chi connectivity index (χ1) is 9.42. The number of hydrazine groups is 1. The number of hydrogen-bond acceptors (Lipinski definition) is 4. The number of amides is 1. The van der Waals surface area contributed by atoms with E-state index in [-0.39, 0.29) is 17.9 Å². The van der Waals surface area contributed by atoms with Crippen molar-refractivity contribution in [2.75, 3.05) is 20.1 Å². The van der Waals surface area contributed by atoms with Crippen molar-refractivity contribution in [2.24, 2.45) is 5.28 Å². The van der Waals surface area contributed by atoms with Crippen LogP contribution in [0.5, 0.6) is 0 Å². The lowest BCUT2D eigenvalue weighted by molar-refractivity contribution is -0.720.